The van der Waals surface area contributed by atoms with E-state index in [1.807, 2.05) is 0 Å². The number of ether oxygens (including phenoxy) is 2. The number of nitrogens with two attached hydrogens (primary N) is 1. The Morgan fingerprint density at radius 2 is 2.00 bits per heavy atom. The lowest BCUT2D eigenvalue weighted by molar-refractivity contribution is -0.193. The van der Waals surface area contributed by atoms with Gasteiger partial charge >= 0.3 is 11.9 Å². The Kier molecular flexibility index (Phi) is 2.65. The number of esters is 2. The molecule has 0 aliphatic carbocycles. The maximum atomic E-state index is 11.0. The Labute approximate surface area is 69.8 Å². The highest BCUT2D eigenvalue weighted by atomic mass is 16.6. The summed E-state index contributed by atoms with van der Waals surface area (Å²) in [4.78, 5) is 21.9. The Bertz CT molecular complexity index is 204. The molecule has 0 amide bonds. The third-order valence-corrected chi connectivity index (χ3v) is 1.58. The molecule has 2 unspecified atom stereocenters. The third kappa shape index (κ3) is 1.73. The fourth-order valence-corrected chi connectivity index (χ4v) is 0.911. The zero-order chi connectivity index (χ0) is 9.14. The van der Waals surface area contributed by atoms with Crippen molar-refractivity contribution in [2.24, 2.45) is 5.73 Å². The molecular weight excluding hydrogens is 162 g/mol. The Morgan fingerprint density at radius 3 is 2.58 bits per heavy atom. The van der Waals surface area contributed by atoms with Crippen LogP contribution < -0.4 is 5.73 Å². The minimum atomic E-state index is -0.807. The van der Waals surface area contributed by atoms with E-state index in [4.69, 9.17) is 15.2 Å². The third-order valence-electron chi connectivity index (χ3n) is 1.58. The molecule has 0 aromatic carbocycles. The molecule has 1 heterocycles. The molecule has 68 valence electrons. The fourth-order valence-electron chi connectivity index (χ4n) is 0.911. The summed E-state index contributed by atoms with van der Waals surface area (Å²) in [5, 5.41) is 0. The number of hydrogen-bond acceptors (Lipinski definition) is 5. The largest absolute Gasteiger partial charge is 0.448 e. The van der Waals surface area contributed by atoms with E-state index < -0.39 is 24.1 Å². The van der Waals surface area contributed by atoms with Gasteiger partial charge < -0.3 is 15.2 Å². The Hall–Kier alpha value is -1.10. The highest BCUT2D eigenvalue weighted by Crippen LogP contribution is 2.11. The van der Waals surface area contributed by atoms with E-state index in [9.17, 15) is 9.59 Å². The van der Waals surface area contributed by atoms with E-state index in [2.05, 4.69) is 0 Å². The van der Waals surface area contributed by atoms with Crippen molar-refractivity contribution in [3.63, 3.8) is 0 Å². The molecule has 12 heavy (non-hydrogen) atoms. The van der Waals surface area contributed by atoms with Gasteiger partial charge in [0.25, 0.3) is 0 Å². The first kappa shape index (κ1) is 8.99. The monoisotopic (exact) mass is 173 g/mol. The predicted molar refractivity (Wildman–Crippen MR) is 39.1 cm³/mol. The standard InChI is InChI=1S/C7H11NO4/c1-4-6(9)12-5(2-3-8)7(10)11-4/h4-5H,2-3,8H2,1H3. The van der Waals surface area contributed by atoms with E-state index >= 15 is 0 Å². The Balaban J connectivity index is 2.55. The van der Waals surface area contributed by atoms with Gasteiger partial charge in [-0.2, -0.15) is 0 Å². The zero-order valence-electron chi connectivity index (χ0n) is 6.78. The minimum Gasteiger partial charge on any atom is -0.448 e. The highest BCUT2D eigenvalue weighted by molar-refractivity contribution is 5.87. The van der Waals surface area contributed by atoms with Gasteiger partial charge in [0.15, 0.2) is 12.2 Å². The molecule has 2 N–H and O–H groups in total. The quantitative estimate of drug-likeness (QED) is 0.552. The normalized spacial score (nSPS) is 29.5. The van der Waals surface area contributed by atoms with Crippen LogP contribution in [0.4, 0.5) is 0 Å². The molecule has 1 aliphatic heterocycles. The van der Waals surface area contributed by atoms with Crippen molar-refractivity contribution >= 4 is 11.9 Å². The second-order valence-corrected chi connectivity index (χ2v) is 2.58. The van der Waals surface area contributed by atoms with Gasteiger partial charge in [0, 0.05) is 6.42 Å². The molecule has 2 atom stereocenters. The molecule has 1 aliphatic rings. The lowest BCUT2D eigenvalue weighted by Gasteiger charge is -2.24. The summed E-state index contributed by atoms with van der Waals surface area (Å²) in [6, 6.07) is 0. The van der Waals surface area contributed by atoms with Crippen molar-refractivity contribution < 1.29 is 19.1 Å². The molecule has 0 radical (unpaired) electrons. The fraction of sp³-hybridized carbons (Fsp3) is 0.714. The number of hydrogen-bond donors (Lipinski definition) is 1. The molecule has 0 aromatic heterocycles. The smallest absolute Gasteiger partial charge is 0.348 e. The van der Waals surface area contributed by atoms with E-state index in [0.29, 0.717) is 13.0 Å². The average Bonchev–Trinajstić information content (AvgIpc) is 2.01. The number of carbonyl (C=O) groups excluding carboxylic acids is 2. The van der Waals surface area contributed by atoms with Crippen molar-refractivity contribution in [3.05, 3.63) is 0 Å². The zero-order valence-corrected chi connectivity index (χ0v) is 6.78. The average molecular weight is 173 g/mol. The predicted octanol–water partition coefficient (Wildman–Crippen LogP) is -0.808. The Morgan fingerprint density at radius 1 is 1.33 bits per heavy atom. The van der Waals surface area contributed by atoms with Crippen LogP contribution in [0, 0.1) is 0 Å². The van der Waals surface area contributed by atoms with Crippen molar-refractivity contribution in [3.8, 4) is 0 Å². The van der Waals surface area contributed by atoms with Gasteiger partial charge in [0.2, 0.25) is 0 Å². The molecule has 5 nitrogen and oxygen atoms in total. The van der Waals surface area contributed by atoms with E-state index in [-0.39, 0.29) is 0 Å². The van der Waals surface area contributed by atoms with Gasteiger partial charge in [-0.3, -0.25) is 0 Å². The first-order valence-electron chi connectivity index (χ1n) is 3.76. The van der Waals surface area contributed by atoms with Crippen LogP contribution in [-0.2, 0) is 19.1 Å². The van der Waals surface area contributed by atoms with Crippen molar-refractivity contribution in [2.75, 3.05) is 6.54 Å². The van der Waals surface area contributed by atoms with Gasteiger partial charge in [0.1, 0.15) is 0 Å². The summed E-state index contributed by atoms with van der Waals surface area (Å²) >= 11 is 0. The van der Waals surface area contributed by atoms with Crippen LogP contribution in [0.15, 0.2) is 0 Å². The lowest BCUT2D eigenvalue weighted by atomic mass is 10.2. The van der Waals surface area contributed by atoms with Gasteiger partial charge in [-0.15, -0.1) is 0 Å². The molecule has 1 fully saturated rings. The summed E-state index contributed by atoms with van der Waals surface area (Å²) in [7, 11) is 0. The second-order valence-electron chi connectivity index (χ2n) is 2.58. The van der Waals surface area contributed by atoms with Crippen LogP contribution in [0.2, 0.25) is 0 Å². The van der Waals surface area contributed by atoms with E-state index in [1.54, 1.807) is 0 Å². The van der Waals surface area contributed by atoms with E-state index in [1.165, 1.54) is 6.92 Å². The highest BCUT2D eigenvalue weighted by Gasteiger charge is 2.34. The molecule has 0 aromatic rings. The van der Waals surface area contributed by atoms with Crippen LogP contribution in [0.25, 0.3) is 0 Å². The van der Waals surface area contributed by atoms with Crippen LogP contribution in [0.3, 0.4) is 0 Å². The molecule has 1 rings (SSSR count). The molecule has 0 spiro atoms. The van der Waals surface area contributed by atoms with E-state index in [0.717, 1.165) is 0 Å². The molecular formula is C7H11NO4. The minimum absolute atomic E-state index is 0.293. The summed E-state index contributed by atoms with van der Waals surface area (Å²) < 4.78 is 9.45. The lowest BCUT2D eigenvalue weighted by Crippen LogP contribution is -2.43. The maximum Gasteiger partial charge on any atom is 0.348 e. The van der Waals surface area contributed by atoms with Gasteiger partial charge in [-0.1, -0.05) is 0 Å². The summed E-state index contributed by atoms with van der Waals surface area (Å²) in [6.45, 7) is 1.76. The number of cyclic esters (lactones) is 2. The first-order chi connectivity index (χ1) is 5.65. The van der Waals surface area contributed by atoms with Gasteiger partial charge in [-0.05, 0) is 13.5 Å². The van der Waals surface area contributed by atoms with Crippen LogP contribution >= 0.6 is 0 Å². The summed E-state index contributed by atoms with van der Waals surface area (Å²) in [5.74, 6) is -1.01. The van der Waals surface area contributed by atoms with Crippen molar-refractivity contribution in [1.29, 1.82) is 0 Å². The van der Waals surface area contributed by atoms with Gasteiger partial charge in [0.05, 0.1) is 0 Å². The maximum absolute atomic E-state index is 11.0. The number of rotatable bonds is 2. The van der Waals surface area contributed by atoms with Crippen molar-refractivity contribution in [1.82, 2.24) is 0 Å². The SMILES string of the molecule is CC1OC(=O)C(CCN)OC1=O. The first-order valence-corrected chi connectivity index (χ1v) is 3.76. The van der Waals surface area contributed by atoms with Crippen LogP contribution in [-0.4, -0.2) is 30.7 Å². The number of carbonyl (C=O) groups is 2. The molecule has 0 saturated carbocycles. The molecule has 1 saturated heterocycles. The summed E-state index contributed by atoms with van der Waals surface area (Å²) in [6.07, 6.45) is -1.28. The van der Waals surface area contributed by atoms with Crippen LogP contribution in [0.1, 0.15) is 13.3 Å². The second kappa shape index (κ2) is 3.53. The summed E-state index contributed by atoms with van der Waals surface area (Å²) in [5.41, 5.74) is 5.20. The van der Waals surface area contributed by atoms with Crippen LogP contribution in [0.5, 0.6) is 0 Å². The van der Waals surface area contributed by atoms with Gasteiger partial charge in [-0.25, -0.2) is 9.59 Å². The molecule has 5 heteroatoms. The molecule has 0 bridgehead atoms. The topological polar surface area (TPSA) is 78.6 Å². The van der Waals surface area contributed by atoms with Crippen molar-refractivity contribution in [2.45, 2.75) is 25.6 Å².